The third kappa shape index (κ3) is 2.43. The Labute approximate surface area is 110 Å². The van der Waals surface area contributed by atoms with Crippen LogP contribution in [0.5, 0.6) is 11.5 Å². The quantitative estimate of drug-likeness (QED) is 0.929. The van der Waals surface area contributed by atoms with Gasteiger partial charge in [-0.15, -0.1) is 0 Å². The maximum absolute atomic E-state index is 10.1. The van der Waals surface area contributed by atoms with Gasteiger partial charge in [-0.05, 0) is 31.4 Å². The SMILES string of the molecule is COc1cc(Br)c(C)c(CC2(O)CC2)c1OC. The Bertz CT molecular complexity index is 439. The Hall–Kier alpha value is -0.740. The van der Waals surface area contributed by atoms with Crippen LogP contribution in [0.2, 0.25) is 0 Å². The molecule has 0 aromatic heterocycles. The number of hydrogen-bond acceptors (Lipinski definition) is 3. The highest BCUT2D eigenvalue weighted by molar-refractivity contribution is 9.10. The summed E-state index contributed by atoms with van der Waals surface area (Å²) in [4.78, 5) is 0. The van der Waals surface area contributed by atoms with Crippen LogP contribution in [0.4, 0.5) is 0 Å². The van der Waals surface area contributed by atoms with Crippen molar-refractivity contribution in [2.45, 2.75) is 31.8 Å². The smallest absolute Gasteiger partial charge is 0.164 e. The molecule has 0 heterocycles. The Kier molecular flexibility index (Phi) is 3.36. The van der Waals surface area contributed by atoms with E-state index in [1.54, 1.807) is 14.2 Å². The molecule has 94 valence electrons. The van der Waals surface area contributed by atoms with E-state index in [9.17, 15) is 5.11 Å². The highest BCUT2D eigenvalue weighted by Crippen LogP contribution is 2.45. The van der Waals surface area contributed by atoms with Crippen LogP contribution in [0.3, 0.4) is 0 Å². The van der Waals surface area contributed by atoms with Crippen molar-refractivity contribution >= 4 is 15.9 Å². The molecule has 4 heteroatoms. The molecule has 3 nitrogen and oxygen atoms in total. The second-order valence-corrected chi connectivity index (χ2v) is 5.45. The van der Waals surface area contributed by atoms with Crippen LogP contribution in [0, 0.1) is 6.92 Å². The number of ether oxygens (including phenoxy) is 2. The lowest BCUT2D eigenvalue weighted by molar-refractivity contribution is 0.149. The van der Waals surface area contributed by atoms with Crippen LogP contribution in [0.15, 0.2) is 10.5 Å². The Morgan fingerprint density at radius 1 is 1.35 bits per heavy atom. The number of rotatable bonds is 4. The Morgan fingerprint density at radius 2 is 2.00 bits per heavy atom. The molecular formula is C13H17BrO3. The number of methoxy groups -OCH3 is 2. The first-order valence-electron chi connectivity index (χ1n) is 5.63. The third-order valence-electron chi connectivity index (χ3n) is 3.32. The van der Waals surface area contributed by atoms with Crippen molar-refractivity contribution < 1.29 is 14.6 Å². The van der Waals surface area contributed by atoms with Gasteiger partial charge in [0, 0.05) is 16.5 Å². The van der Waals surface area contributed by atoms with E-state index in [2.05, 4.69) is 15.9 Å². The number of benzene rings is 1. The molecule has 1 aromatic rings. The monoisotopic (exact) mass is 300 g/mol. The fourth-order valence-corrected chi connectivity index (χ4v) is 2.44. The maximum atomic E-state index is 10.1. The summed E-state index contributed by atoms with van der Waals surface area (Å²) in [6, 6.07) is 1.90. The molecule has 1 fully saturated rings. The molecule has 0 bridgehead atoms. The van der Waals surface area contributed by atoms with E-state index in [1.165, 1.54) is 0 Å². The topological polar surface area (TPSA) is 38.7 Å². The average Bonchev–Trinajstić information content (AvgIpc) is 3.02. The van der Waals surface area contributed by atoms with Crippen LogP contribution < -0.4 is 9.47 Å². The van der Waals surface area contributed by atoms with Crippen molar-refractivity contribution in [1.82, 2.24) is 0 Å². The van der Waals surface area contributed by atoms with Crippen molar-refractivity contribution in [1.29, 1.82) is 0 Å². The van der Waals surface area contributed by atoms with Crippen molar-refractivity contribution in [2.75, 3.05) is 14.2 Å². The predicted molar refractivity (Wildman–Crippen MR) is 69.9 cm³/mol. The van der Waals surface area contributed by atoms with Crippen LogP contribution in [-0.2, 0) is 6.42 Å². The summed E-state index contributed by atoms with van der Waals surface area (Å²) in [5.41, 5.74) is 1.59. The normalized spacial score (nSPS) is 16.8. The first-order valence-corrected chi connectivity index (χ1v) is 6.42. The van der Waals surface area contributed by atoms with Gasteiger partial charge in [-0.3, -0.25) is 0 Å². The lowest BCUT2D eigenvalue weighted by atomic mass is 9.99. The number of hydrogen-bond donors (Lipinski definition) is 1. The molecule has 17 heavy (non-hydrogen) atoms. The van der Waals surface area contributed by atoms with Gasteiger partial charge in [-0.25, -0.2) is 0 Å². The minimum atomic E-state index is -0.538. The van der Waals surface area contributed by atoms with Gasteiger partial charge in [0.2, 0.25) is 0 Å². The summed E-state index contributed by atoms with van der Waals surface area (Å²) in [6.45, 7) is 2.02. The summed E-state index contributed by atoms with van der Waals surface area (Å²) in [6.07, 6.45) is 2.35. The van der Waals surface area contributed by atoms with Crippen molar-refractivity contribution in [3.63, 3.8) is 0 Å². The lowest BCUT2D eigenvalue weighted by Crippen LogP contribution is -2.13. The summed E-state index contributed by atoms with van der Waals surface area (Å²) in [7, 11) is 3.25. The molecule has 0 atom stereocenters. The van der Waals surface area contributed by atoms with Crippen LogP contribution in [0.25, 0.3) is 0 Å². The van der Waals surface area contributed by atoms with Gasteiger partial charge in [0.05, 0.1) is 19.8 Å². The fraction of sp³-hybridized carbons (Fsp3) is 0.538. The van der Waals surface area contributed by atoms with E-state index < -0.39 is 5.60 Å². The molecule has 1 N–H and O–H groups in total. The van der Waals surface area contributed by atoms with E-state index in [0.717, 1.165) is 34.2 Å². The van der Waals surface area contributed by atoms with Gasteiger partial charge in [0.1, 0.15) is 0 Å². The van der Waals surface area contributed by atoms with Gasteiger partial charge in [0.25, 0.3) is 0 Å². The van der Waals surface area contributed by atoms with E-state index in [1.807, 2.05) is 13.0 Å². The van der Waals surface area contributed by atoms with E-state index >= 15 is 0 Å². The second kappa shape index (κ2) is 4.50. The third-order valence-corrected chi connectivity index (χ3v) is 4.15. The minimum absolute atomic E-state index is 0.538. The van der Waals surface area contributed by atoms with E-state index in [0.29, 0.717) is 12.2 Å². The van der Waals surface area contributed by atoms with Crippen molar-refractivity contribution in [2.24, 2.45) is 0 Å². The molecule has 1 aliphatic rings. The Balaban J connectivity index is 2.48. The molecule has 1 saturated carbocycles. The standard InChI is InChI=1S/C13H17BrO3/c1-8-9(7-13(15)4-5-13)12(17-3)11(16-2)6-10(8)14/h6,15H,4-5,7H2,1-3H3. The molecule has 2 rings (SSSR count). The average molecular weight is 301 g/mol. The summed E-state index contributed by atoms with van der Waals surface area (Å²) in [5.74, 6) is 1.43. The first kappa shape index (κ1) is 12.7. The molecule has 0 radical (unpaired) electrons. The van der Waals surface area contributed by atoms with E-state index in [4.69, 9.17) is 9.47 Å². The molecule has 0 saturated heterocycles. The van der Waals surface area contributed by atoms with Crippen molar-refractivity contribution in [3.05, 3.63) is 21.7 Å². The summed E-state index contributed by atoms with van der Waals surface area (Å²) >= 11 is 3.51. The minimum Gasteiger partial charge on any atom is -0.493 e. The lowest BCUT2D eigenvalue weighted by Gasteiger charge is -2.18. The number of aliphatic hydroxyl groups is 1. The van der Waals surface area contributed by atoms with Gasteiger partial charge < -0.3 is 14.6 Å². The second-order valence-electron chi connectivity index (χ2n) is 4.60. The van der Waals surface area contributed by atoms with Crippen LogP contribution in [0.1, 0.15) is 24.0 Å². The molecule has 1 aromatic carbocycles. The number of halogens is 1. The van der Waals surface area contributed by atoms with Crippen molar-refractivity contribution in [3.8, 4) is 11.5 Å². The largest absolute Gasteiger partial charge is 0.493 e. The predicted octanol–water partition coefficient (Wildman–Crippen LogP) is 2.84. The van der Waals surface area contributed by atoms with Crippen LogP contribution >= 0.6 is 15.9 Å². The van der Waals surface area contributed by atoms with E-state index in [-0.39, 0.29) is 0 Å². The van der Waals surface area contributed by atoms with Gasteiger partial charge in [0.15, 0.2) is 11.5 Å². The molecular weight excluding hydrogens is 284 g/mol. The highest BCUT2D eigenvalue weighted by Gasteiger charge is 2.41. The molecule has 0 spiro atoms. The van der Waals surface area contributed by atoms with Gasteiger partial charge in [-0.1, -0.05) is 15.9 Å². The Morgan fingerprint density at radius 3 is 2.47 bits per heavy atom. The molecule has 1 aliphatic carbocycles. The first-order chi connectivity index (χ1) is 8.00. The zero-order valence-corrected chi connectivity index (χ0v) is 11.9. The molecule has 0 aliphatic heterocycles. The van der Waals surface area contributed by atoms with Crippen LogP contribution in [-0.4, -0.2) is 24.9 Å². The summed E-state index contributed by atoms with van der Waals surface area (Å²) < 4.78 is 11.7. The van der Waals surface area contributed by atoms with Gasteiger partial charge >= 0.3 is 0 Å². The zero-order valence-electron chi connectivity index (χ0n) is 10.3. The summed E-state index contributed by atoms with van der Waals surface area (Å²) in [5, 5.41) is 10.1. The molecule has 0 amide bonds. The fourth-order valence-electron chi connectivity index (χ4n) is 1.99. The maximum Gasteiger partial charge on any atom is 0.164 e. The van der Waals surface area contributed by atoms with Gasteiger partial charge in [-0.2, -0.15) is 0 Å². The highest BCUT2D eigenvalue weighted by atomic mass is 79.9. The molecule has 0 unspecified atom stereocenters. The zero-order chi connectivity index (χ0) is 12.6.